The summed E-state index contributed by atoms with van der Waals surface area (Å²) in [4.78, 5) is 0. The van der Waals surface area contributed by atoms with E-state index in [2.05, 4.69) is 57.2 Å². The quantitative estimate of drug-likeness (QED) is 0.122. The second-order valence-corrected chi connectivity index (χ2v) is 15.9. The molecule has 29 heteroatoms. The Bertz CT molecular complexity index is 1770. The number of hydrogen-bond donors (Lipinski definition) is 1. The fourth-order valence-electron chi connectivity index (χ4n) is 7.66. The van der Waals surface area contributed by atoms with Crippen LogP contribution in [0.1, 0.15) is 31.9 Å². The van der Waals surface area contributed by atoms with E-state index in [-0.39, 0.29) is 11.2 Å². The number of aromatic hydroxyl groups is 1. The average Bonchev–Trinajstić information content (AvgIpc) is 3.15. The zero-order chi connectivity index (χ0) is 43.5. The first-order valence-electron chi connectivity index (χ1n) is 19.3. The minimum Gasteiger partial charge on any atom is -0.507 e. The maximum Gasteiger partial charge on any atom is 0.135 e. The zero-order valence-electron chi connectivity index (χ0n) is 33.9. The van der Waals surface area contributed by atoms with Gasteiger partial charge in [-0.25, -0.2) is 0 Å². The maximum atomic E-state index is 10.7. The Labute approximate surface area is 374 Å². The molecule has 0 aliphatic carbocycles. The van der Waals surface area contributed by atoms with Crippen LogP contribution in [0, 0.1) is 0 Å². The Morgan fingerprint density at radius 1 is 0.517 bits per heavy atom. The first kappa shape index (κ1) is 50.6. The van der Waals surface area contributed by atoms with Gasteiger partial charge in [0.05, 0.1) is 0 Å². The molecule has 4 aromatic carbocycles. The molecule has 1 N–H and O–H groups in total. The van der Waals surface area contributed by atoms with Gasteiger partial charge in [-0.15, -0.1) is 0 Å². The minimum absolute atomic E-state index is 0.0549. The molecule has 0 unspecified atom stereocenters. The third-order valence-electron chi connectivity index (χ3n) is 10.6. The Morgan fingerprint density at radius 3 is 1.36 bits per heavy atom. The Hall–Kier alpha value is -1.77. The third-order valence-corrected chi connectivity index (χ3v) is 10.6. The number of hydrogen-bond acceptors (Lipinski definition) is 2. The smallest absolute Gasteiger partial charge is 0.135 e. The van der Waals surface area contributed by atoms with Crippen LogP contribution in [0.2, 0.25) is 0 Å². The third kappa shape index (κ3) is 13.6. The van der Waals surface area contributed by atoms with Crippen LogP contribution in [0.5, 0.6) is 11.5 Å². The second-order valence-electron chi connectivity index (χ2n) is 15.9. The molecule has 58 heavy (non-hydrogen) atoms. The second kappa shape index (κ2) is 23.4. The van der Waals surface area contributed by atoms with Crippen LogP contribution >= 0.6 is 0 Å². The summed E-state index contributed by atoms with van der Waals surface area (Å²) in [5.74, 6) is 1.03. The molecule has 0 bridgehead atoms. The summed E-state index contributed by atoms with van der Waals surface area (Å²) < 4.78 is 6.47. The molecule has 0 amide bonds. The predicted molar refractivity (Wildman–Crippen MR) is 284 cm³/mol. The van der Waals surface area contributed by atoms with Gasteiger partial charge in [0.2, 0.25) is 0 Å². The summed E-state index contributed by atoms with van der Waals surface area (Å²) in [6.45, 7) is 7.07. The molecule has 0 heterocycles. The van der Waals surface area contributed by atoms with Crippen molar-refractivity contribution in [2.45, 2.75) is 32.8 Å². The van der Waals surface area contributed by atoms with E-state index in [0.717, 1.165) is 33.6 Å². The van der Waals surface area contributed by atoms with Crippen molar-refractivity contribution in [2.24, 2.45) is 0 Å². The van der Waals surface area contributed by atoms with Gasteiger partial charge in [0.15, 0.2) is 0 Å². The minimum atomic E-state index is -0.994. The molecular weight excluding hydrogens is 672 g/mol. The Morgan fingerprint density at radius 2 is 0.931 bits per heavy atom. The van der Waals surface area contributed by atoms with Crippen molar-refractivity contribution in [1.82, 2.24) is 0 Å². The van der Waals surface area contributed by atoms with Crippen molar-refractivity contribution >= 4 is 192 Å². The molecule has 4 aromatic rings. The van der Waals surface area contributed by atoms with E-state index in [4.69, 9.17) is 113 Å². The number of ether oxygens (including phenoxy) is 1. The highest BCUT2D eigenvalue weighted by molar-refractivity contribution is 8.25. The van der Waals surface area contributed by atoms with Gasteiger partial charge in [0, 0.05) is 209 Å². The standard InChI is InChI=1S/C29H28O2.B27/c1-29(2,3)23-18-25(22-14-8-5-9-15-22)28(31-20-21-12-6-4-7-13-21)26(19-23)24-16-10-11-17-27(24)30;1-15-22(14)26(23(16(2)3)17(4)5)27(24(18(6)7)19(8)9)25(20(10)11)21(12)13/h4-19,30H,20H2,1-3H3;. The lowest BCUT2D eigenvalue weighted by atomic mass is 8.33. The molecule has 0 aliphatic heterocycles. The summed E-state index contributed by atoms with van der Waals surface area (Å²) in [6, 6.07) is 32.3. The van der Waals surface area contributed by atoms with Gasteiger partial charge >= 0.3 is 0 Å². The highest BCUT2D eigenvalue weighted by Gasteiger charge is 2.50. The number of para-hydroxylation sites is 1. The Balaban J connectivity index is 0.000000315. The lowest BCUT2D eigenvalue weighted by Crippen LogP contribution is -2.86. The van der Waals surface area contributed by atoms with Gasteiger partial charge in [0.25, 0.3) is 0 Å². The number of phenols is 1. The summed E-state index contributed by atoms with van der Waals surface area (Å²) in [6.07, 6.45) is -10.5. The van der Waals surface area contributed by atoms with E-state index >= 15 is 0 Å². The van der Waals surface area contributed by atoms with Crippen LogP contribution in [0.25, 0.3) is 22.3 Å². The molecule has 29 radical (unpaired) electrons. The summed E-state index contributed by atoms with van der Waals surface area (Å²) in [5.41, 5.74) is 6.03. The maximum absolute atomic E-state index is 10.7. The summed E-state index contributed by atoms with van der Waals surface area (Å²) >= 11 is 0. The van der Waals surface area contributed by atoms with E-state index < -0.39 is 76.6 Å². The monoisotopic (exact) mass is 705 g/mol. The van der Waals surface area contributed by atoms with Crippen LogP contribution in [0.4, 0.5) is 0 Å². The van der Waals surface area contributed by atoms with Crippen molar-refractivity contribution in [3.63, 3.8) is 0 Å². The van der Waals surface area contributed by atoms with Gasteiger partial charge in [-0.3, -0.25) is 0 Å². The fourth-order valence-corrected chi connectivity index (χ4v) is 7.66. The zero-order valence-corrected chi connectivity index (χ0v) is 33.9. The molecule has 2 nitrogen and oxygen atoms in total. The van der Waals surface area contributed by atoms with E-state index in [1.807, 2.05) is 54.6 Å². The van der Waals surface area contributed by atoms with Gasteiger partial charge in [-0.1, -0.05) is 99.6 Å². The van der Waals surface area contributed by atoms with Crippen molar-refractivity contribution in [3.8, 4) is 33.8 Å². The van der Waals surface area contributed by atoms with Crippen LogP contribution in [-0.2, 0) is 12.0 Å². The molecule has 0 aliphatic rings. The van der Waals surface area contributed by atoms with Crippen molar-refractivity contribution in [1.29, 1.82) is 0 Å². The SMILES string of the molecule is CC(C)(C)c1cc(-c2ccccc2)c(OCc2ccccc2)c(-c2ccccc2O)c1.[B][B]B([B])B(B(B([B])[B])B([B])[B])B(B(B([B])[B])B([B])[B])B(B([B])[B])B([B])[B]. The Kier molecular flexibility index (Phi) is 20.5. The number of phenolic OH excluding ortho intramolecular Hbond substituents is 1. The van der Waals surface area contributed by atoms with Crippen molar-refractivity contribution in [2.75, 3.05) is 0 Å². The highest BCUT2D eigenvalue weighted by Crippen LogP contribution is 2.45. The highest BCUT2D eigenvalue weighted by atomic mass is 16.5. The largest absolute Gasteiger partial charge is 0.507 e. The average molecular weight is 700 g/mol. The van der Waals surface area contributed by atoms with Crippen LogP contribution < -0.4 is 4.74 Å². The van der Waals surface area contributed by atoms with Crippen molar-refractivity contribution < 1.29 is 9.84 Å². The van der Waals surface area contributed by atoms with E-state index in [9.17, 15) is 5.11 Å². The number of rotatable bonds is 17. The molecule has 0 saturated heterocycles. The van der Waals surface area contributed by atoms with Gasteiger partial charge in [-0.2, -0.15) is 0 Å². The van der Waals surface area contributed by atoms with Gasteiger partial charge in [-0.05, 0) is 40.3 Å². The summed E-state index contributed by atoms with van der Waals surface area (Å²) in [5, 5.41) is 10.7. The molecule has 0 spiro atoms. The molecule has 237 valence electrons. The van der Waals surface area contributed by atoms with E-state index in [1.54, 1.807) is 6.07 Å². The molecular formula is C29H28B27O2. The molecule has 0 fully saturated rings. The number of benzene rings is 4. The first-order chi connectivity index (χ1) is 27.2. The topological polar surface area (TPSA) is 29.5 Å². The molecule has 0 atom stereocenters. The van der Waals surface area contributed by atoms with Crippen LogP contribution in [0.15, 0.2) is 97.1 Å². The predicted octanol–water partition coefficient (Wildman–Crippen LogP) is -2.68. The molecule has 4 rings (SSSR count). The summed E-state index contributed by atoms with van der Waals surface area (Å²) in [7, 11) is 84.5. The van der Waals surface area contributed by atoms with Crippen LogP contribution in [-0.4, -0.2) is 197 Å². The van der Waals surface area contributed by atoms with Gasteiger partial charge < -0.3 is 9.84 Å². The molecule has 0 aromatic heterocycles. The van der Waals surface area contributed by atoms with E-state index in [1.165, 1.54) is 12.6 Å². The van der Waals surface area contributed by atoms with Crippen molar-refractivity contribution in [3.05, 3.63) is 108 Å². The molecule has 0 saturated carbocycles. The lowest BCUT2D eigenvalue weighted by molar-refractivity contribution is 0.308. The normalized spacial score (nSPS) is 10.4. The van der Waals surface area contributed by atoms with Gasteiger partial charge in [0.1, 0.15) is 18.1 Å². The fraction of sp³-hybridized carbons (Fsp3) is 0.172. The van der Waals surface area contributed by atoms with Crippen LogP contribution in [0.3, 0.4) is 0 Å². The first-order valence-corrected chi connectivity index (χ1v) is 19.3. The lowest BCUT2D eigenvalue weighted by Gasteiger charge is -2.48. The van der Waals surface area contributed by atoms with E-state index in [0.29, 0.717) is 6.61 Å².